The van der Waals surface area contributed by atoms with Crippen molar-refractivity contribution in [2.24, 2.45) is 0 Å². The highest BCUT2D eigenvalue weighted by Crippen LogP contribution is 2.22. The number of nitrogens with one attached hydrogen (secondary N) is 1. The minimum atomic E-state index is 0.232. The minimum absolute atomic E-state index is 0.232. The number of nitrogens with zero attached hydrogens (tertiary/aromatic N) is 4. The summed E-state index contributed by atoms with van der Waals surface area (Å²) in [6, 6.07) is 4.54. The molecule has 5 nitrogen and oxygen atoms in total. The first kappa shape index (κ1) is 15.6. The lowest BCUT2D eigenvalue weighted by molar-refractivity contribution is 0.534. The Kier molecular flexibility index (Phi) is 5.07. The third-order valence-electron chi connectivity index (χ3n) is 3.78. The molecule has 2 aromatic heterocycles. The van der Waals surface area contributed by atoms with Crippen LogP contribution in [-0.4, -0.2) is 27.0 Å². The van der Waals surface area contributed by atoms with Crippen LogP contribution in [0.25, 0.3) is 0 Å². The fourth-order valence-electron chi connectivity index (χ4n) is 2.72. The molecule has 0 aromatic carbocycles. The number of hydrogen-bond donors (Lipinski definition) is 1. The molecule has 2 rings (SSSR count). The Morgan fingerprint density at radius 2 is 1.90 bits per heavy atom. The van der Waals surface area contributed by atoms with E-state index in [9.17, 15) is 0 Å². The Hall–Kier alpha value is -1.75. The molecule has 0 spiro atoms. The van der Waals surface area contributed by atoms with E-state index < -0.39 is 0 Å². The molecular formula is C16H25N5. The SMILES string of the molecule is CCc1nnc(C)cc1C(Cc1cc(C)nn1CC)NC. The molecule has 0 radical (unpaired) electrons. The van der Waals surface area contributed by atoms with Gasteiger partial charge in [0.15, 0.2) is 0 Å². The van der Waals surface area contributed by atoms with E-state index in [4.69, 9.17) is 0 Å². The fraction of sp³-hybridized carbons (Fsp3) is 0.562. The molecule has 0 aliphatic rings. The maximum absolute atomic E-state index is 4.53. The van der Waals surface area contributed by atoms with Crippen molar-refractivity contribution in [1.82, 2.24) is 25.3 Å². The Balaban J connectivity index is 2.33. The van der Waals surface area contributed by atoms with Crippen molar-refractivity contribution in [3.05, 3.63) is 40.5 Å². The van der Waals surface area contributed by atoms with Crippen LogP contribution in [0.4, 0.5) is 0 Å². The molecule has 0 bridgehead atoms. The van der Waals surface area contributed by atoms with Crippen LogP contribution >= 0.6 is 0 Å². The quantitative estimate of drug-likeness (QED) is 0.886. The summed E-state index contributed by atoms with van der Waals surface area (Å²) in [6.07, 6.45) is 1.80. The second-order valence-corrected chi connectivity index (χ2v) is 5.38. The summed E-state index contributed by atoms with van der Waals surface area (Å²) in [7, 11) is 2.00. The molecule has 0 amide bonds. The summed E-state index contributed by atoms with van der Waals surface area (Å²) >= 11 is 0. The van der Waals surface area contributed by atoms with Crippen LogP contribution in [0.5, 0.6) is 0 Å². The van der Waals surface area contributed by atoms with Gasteiger partial charge in [0.05, 0.1) is 17.1 Å². The molecule has 0 saturated carbocycles. The van der Waals surface area contributed by atoms with Gasteiger partial charge in [-0.2, -0.15) is 15.3 Å². The average molecular weight is 287 g/mol. The summed E-state index contributed by atoms with van der Waals surface area (Å²) in [4.78, 5) is 0. The van der Waals surface area contributed by atoms with E-state index in [1.54, 1.807) is 0 Å². The van der Waals surface area contributed by atoms with E-state index in [2.05, 4.69) is 51.3 Å². The highest BCUT2D eigenvalue weighted by molar-refractivity contribution is 5.26. The predicted octanol–water partition coefficient (Wildman–Crippen LogP) is 2.38. The summed E-state index contributed by atoms with van der Waals surface area (Å²) < 4.78 is 2.08. The molecule has 0 aliphatic carbocycles. The molecule has 21 heavy (non-hydrogen) atoms. The van der Waals surface area contributed by atoms with Gasteiger partial charge in [0, 0.05) is 24.7 Å². The molecule has 1 unspecified atom stereocenters. The van der Waals surface area contributed by atoms with Gasteiger partial charge in [0.1, 0.15) is 0 Å². The normalized spacial score (nSPS) is 12.6. The van der Waals surface area contributed by atoms with Gasteiger partial charge in [-0.25, -0.2) is 0 Å². The number of rotatable bonds is 6. The second kappa shape index (κ2) is 6.80. The number of likely N-dealkylation sites (N-methyl/N-ethyl adjacent to an activating group) is 1. The van der Waals surface area contributed by atoms with Gasteiger partial charge in [0.25, 0.3) is 0 Å². The van der Waals surface area contributed by atoms with Crippen LogP contribution < -0.4 is 5.32 Å². The molecule has 0 fully saturated rings. The van der Waals surface area contributed by atoms with Crippen LogP contribution in [-0.2, 0) is 19.4 Å². The van der Waals surface area contributed by atoms with Crippen molar-refractivity contribution in [1.29, 1.82) is 0 Å². The van der Waals surface area contributed by atoms with Gasteiger partial charge in [-0.05, 0) is 51.9 Å². The van der Waals surface area contributed by atoms with Crippen molar-refractivity contribution in [3.8, 4) is 0 Å². The lowest BCUT2D eigenvalue weighted by Gasteiger charge is -2.19. The lowest BCUT2D eigenvalue weighted by Crippen LogP contribution is -2.22. The zero-order valence-corrected chi connectivity index (χ0v) is 13.6. The third-order valence-corrected chi connectivity index (χ3v) is 3.78. The zero-order valence-electron chi connectivity index (χ0n) is 13.6. The van der Waals surface area contributed by atoms with E-state index in [1.165, 1.54) is 11.3 Å². The molecule has 114 valence electrons. The summed E-state index contributed by atoms with van der Waals surface area (Å²) in [5.74, 6) is 0. The predicted molar refractivity (Wildman–Crippen MR) is 84.3 cm³/mol. The number of aryl methyl sites for hydroxylation is 4. The molecule has 1 atom stereocenters. The lowest BCUT2D eigenvalue weighted by atomic mass is 9.99. The van der Waals surface area contributed by atoms with Gasteiger partial charge in [-0.3, -0.25) is 4.68 Å². The zero-order chi connectivity index (χ0) is 15.4. The highest BCUT2D eigenvalue weighted by Gasteiger charge is 2.18. The third kappa shape index (κ3) is 3.47. The van der Waals surface area contributed by atoms with Crippen LogP contribution in [0.2, 0.25) is 0 Å². The standard InChI is InChI=1S/C16H25N5/c1-6-15-14(9-11(3)18-19-15)16(17-5)10-13-8-12(4)20-21(13)7-2/h8-9,16-17H,6-7,10H2,1-5H3. The smallest absolute Gasteiger partial charge is 0.0676 e. The van der Waals surface area contributed by atoms with Gasteiger partial charge in [-0.1, -0.05) is 6.92 Å². The van der Waals surface area contributed by atoms with E-state index >= 15 is 0 Å². The van der Waals surface area contributed by atoms with Gasteiger partial charge < -0.3 is 5.32 Å². The van der Waals surface area contributed by atoms with Gasteiger partial charge >= 0.3 is 0 Å². The Morgan fingerprint density at radius 1 is 1.14 bits per heavy atom. The Morgan fingerprint density at radius 3 is 2.52 bits per heavy atom. The molecule has 2 heterocycles. The van der Waals surface area contributed by atoms with Crippen molar-refractivity contribution in [2.75, 3.05) is 7.05 Å². The van der Waals surface area contributed by atoms with Crippen molar-refractivity contribution >= 4 is 0 Å². The van der Waals surface area contributed by atoms with Crippen LogP contribution in [0.1, 0.15) is 48.2 Å². The first-order valence-corrected chi connectivity index (χ1v) is 7.62. The molecule has 0 aliphatic heterocycles. The summed E-state index contributed by atoms with van der Waals surface area (Å²) in [5, 5.41) is 16.5. The number of aromatic nitrogens is 4. The first-order valence-electron chi connectivity index (χ1n) is 7.62. The fourth-order valence-corrected chi connectivity index (χ4v) is 2.72. The van der Waals surface area contributed by atoms with Crippen molar-refractivity contribution in [3.63, 3.8) is 0 Å². The largest absolute Gasteiger partial charge is 0.313 e. The highest BCUT2D eigenvalue weighted by atomic mass is 15.3. The van der Waals surface area contributed by atoms with Crippen LogP contribution in [0, 0.1) is 13.8 Å². The van der Waals surface area contributed by atoms with E-state index in [1.807, 2.05) is 20.9 Å². The Labute approximate surface area is 126 Å². The number of hydrogen-bond acceptors (Lipinski definition) is 4. The summed E-state index contributed by atoms with van der Waals surface area (Å²) in [6.45, 7) is 9.17. The molecule has 5 heteroatoms. The van der Waals surface area contributed by atoms with E-state index in [-0.39, 0.29) is 6.04 Å². The second-order valence-electron chi connectivity index (χ2n) is 5.38. The molecular weight excluding hydrogens is 262 g/mol. The average Bonchev–Trinajstić information content (AvgIpc) is 2.84. The van der Waals surface area contributed by atoms with Crippen molar-refractivity contribution in [2.45, 2.75) is 53.1 Å². The van der Waals surface area contributed by atoms with Gasteiger partial charge in [0.2, 0.25) is 0 Å². The first-order chi connectivity index (χ1) is 10.1. The van der Waals surface area contributed by atoms with Crippen LogP contribution in [0.3, 0.4) is 0 Å². The molecule has 2 aromatic rings. The van der Waals surface area contributed by atoms with Gasteiger partial charge in [-0.15, -0.1) is 0 Å². The topological polar surface area (TPSA) is 55.6 Å². The molecule has 0 saturated heterocycles. The molecule has 1 N–H and O–H groups in total. The van der Waals surface area contributed by atoms with E-state index in [0.717, 1.165) is 36.5 Å². The Bertz CT molecular complexity index is 603. The van der Waals surface area contributed by atoms with E-state index in [0.29, 0.717) is 0 Å². The minimum Gasteiger partial charge on any atom is -0.313 e. The maximum atomic E-state index is 4.53. The van der Waals surface area contributed by atoms with Crippen LogP contribution in [0.15, 0.2) is 12.1 Å². The van der Waals surface area contributed by atoms with Crippen molar-refractivity contribution < 1.29 is 0 Å². The monoisotopic (exact) mass is 287 g/mol. The summed E-state index contributed by atoms with van der Waals surface area (Å²) in [5.41, 5.74) is 5.60. The maximum Gasteiger partial charge on any atom is 0.0676 e.